The van der Waals surface area contributed by atoms with Crippen molar-refractivity contribution in [2.24, 2.45) is 0 Å². The molecular formula is C22H14Cl2N2OS. The molecule has 0 aliphatic carbocycles. The maximum Gasteiger partial charge on any atom is 0.248 e. The molecule has 4 rings (SSSR count). The molecule has 0 saturated heterocycles. The first-order valence-corrected chi connectivity index (χ1v) is 10.1. The van der Waals surface area contributed by atoms with Gasteiger partial charge in [-0.25, -0.2) is 4.98 Å². The van der Waals surface area contributed by atoms with Gasteiger partial charge in [0.15, 0.2) is 0 Å². The number of carbonyl (C=O) groups is 1. The van der Waals surface area contributed by atoms with Gasteiger partial charge in [0.25, 0.3) is 0 Å². The van der Waals surface area contributed by atoms with Crippen LogP contribution in [0.2, 0.25) is 10.0 Å². The number of fused-ring (bicyclic) bond motifs is 1. The fourth-order valence-corrected chi connectivity index (χ4v) is 4.00. The molecule has 0 saturated carbocycles. The second kappa shape index (κ2) is 8.15. The summed E-state index contributed by atoms with van der Waals surface area (Å²) in [6, 6.07) is 20.5. The molecule has 0 aliphatic heterocycles. The summed E-state index contributed by atoms with van der Waals surface area (Å²) in [5.41, 5.74) is 3.26. The number of para-hydroxylation sites is 1. The minimum atomic E-state index is -0.236. The summed E-state index contributed by atoms with van der Waals surface area (Å²) < 4.78 is 1.08. The Morgan fingerprint density at radius 2 is 1.71 bits per heavy atom. The zero-order chi connectivity index (χ0) is 19.5. The summed E-state index contributed by atoms with van der Waals surface area (Å²) in [5, 5.41) is 4.97. The van der Waals surface area contributed by atoms with Crippen LogP contribution in [0.5, 0.6) is 0 Å². The third-order valence-electron chi connectivity index (χ3n) is 4.06. The number of benzene rings is 3. The average molecular weight is 425 g/mol. The van der Waals surface area contributed by atoms with E-state index in [-0.39, 0.29) is 5.91 Å². The second-order valence-corrected chi connectivity index (χ2v) is 7.95. The number of anilines is 1. The summed E-state index contributed by atoms with van der Waals surface area (Å²) in [6.45, 7) is 0. The summed E-state index contributed by atoms with van der Waals surface area (Å²) in [6.07, 6.45) is 3.22. The van der Waals surface area contributed by atoms with E-state index in [2.05, 4.69) is 10.3 Å². The van der Waals surface area contributed by atoms with E-state index in [0.717, 1.165) is 26.4 Å². The number of rotatable bonds is 4. The van der Waals surface area contributed by atoms with E-state index in [1.54, 1.807) is 41.7 Å². The van der Waals surface area contributed by atoms with E-state index >= 15 is 0 Å². The molecule has 1 N–H and O–H groups in total. The van der Waals surface area contributed by atoms with E-state index in [4.69, 9.17) is 23.2 Å². The van der Waals surface area contributed by atoms with Gasteiger partial charge in [-0.05, 0) is 54.1 Å². The van der Waals surface area contributed by atoms with Crippen molar-refractivity contribution in [3.8, 4) is 10.6 Å². The van der Waals surface area contributed by atoms with Crippen LogP contribution in [-0.2, 0) is 4.79 Å². The molecule has 6 heteroatoms. The van der Waals surface area contributed by atoms with Crippen LogP contribution in [0.4, 0.5) is 5.69 Å². The maximum atomic E-state index is 12.4. The Bertz CT molecular complexity index is 1150. The Labute approximate surface area is 176 Å². The van der Waals surface area contributed by atoms with E-state index < -0.39 is 0 Å². The summed E-state index contributed by atoms with van der Waals surface area (Å²) in [7, 11) is 0. The molecule has 0 bridgehead atoms. The minimum Gasteiger partial charge on any atom is -0.322 e. The molecule has 0 unspecified atom stereocenters. The number of hydrogen-bond donors (Lipinski definition) is 1. The Balaban J connectivity index is 1.61. The van der Waals surface area contributed by atoms with Crippen LogP contribution in [0.25, 0.3) is 26.9 Å². The molecule has 0 aliphatic rings. The molecule has 28 heavy (non-hydrogen) atoms. The number of hydrogen-bond acceptors (Lipinski definition) is 3. The standard InChI is InChI=1S/C22H14Cl2N2OS/c23-15-8-5-14(6-9-15)7-12-21(27)25-18-11-10-16(24)13-17(18)22-26-19-3-1-2-4-20(19)28-22/h1-13H,(H,25,27)/b12-7+. The topological polar surface area (TPSA) is 42.0 Å². The quantitative estimate of drug-likeness (QED) is 0.361. The van der Waals surface area contributed by atoms with Crippen LogP contribution in [0, 0.1) is 0 Å². The van der Waals surface area contributed by atoms with Gasteiger partial charge in [-0.3, -0.25) is 4.79 Å². The number of nitrogens with one attached hydrogen (secondary N) is 1. The summed E-state index contributed by atoms with van der Waals surface area (Å²) in [4.78, 5) is 17.1. The molecule has 4 aromatic rings. The number of thiazole rings is 1. The molecule has 3 aromatic carbocycles. The van der Waals surface area contributed by atoms with E-state index in [1.807, 2.05) is 42.5 Å². The summed E-state index contributed by atoms with van der Waals surface area (Å²) in [5.74, 6) is -0.236. The molecule has 0 fully saturated rings. The van der Waals surface area contributed by atoms with Crippen LogP contribution in [-0.4, -0.2) is 10.9 Å². The lowest BCUT2D eigenvalue weighted by Gasteiger charge is -2.08. The van der Waals surface area contributed by atoms with Gasteiger partial charge >= 0.3 is 0 Å². The van der Waals surface area contributed by atoms with Gasteiger partial charge in [-0.2, -0.15) is 0 Å². The highest BCUT2D eigenvalue weighted by molar-refractivity contribution is 7.21. The molecule has 1 aromatic heterocycles. The highest BCUT2D eigenvalue weighted by Gasteiger charge is 2.12. The van der Waals surface area contributed by atoms with Gasteiger partial charge in [-0.15, -0.1) is 11.3 Å². The molecule has 1 heterocycles. The van der Waals surface area contributed by atoms with Gasteiger partial charge in [0.1, 0.15) is 5.01 Å². The molecular weight excluding hydrogens is 411 g/mol. The molecule has 0 radical (unpaired) electrons. The fourth-order valence-electron chi connectivity index (χ4n) is 2.71. The number of carbonyl (C=O) groups excluding carboxylic acids is 1. The van der Waals surface area contributed by atoms with Crippen molar-refractivity contribution in [1.29, 1.82) is 0 Å². The smallest absolute Gasteiger partial charge is 0.248 e. The monoisotopic (exact) mass is 424 g/mol. The maximum absolute atomic E-state index is 12.4. The molecule has 138 valence electrons. The van der Waals surface area contributed by atoms with Gasteiger partial charge in [0.05, 0.1) is 15.9 Å². The third-order valence-corrected chi connectivity index (χ3v) is 5.62. The Kier molecular flexibility index (Phi) is 5.44. The van der Waals surface area contributed by atoms with Gasteiger partial charge in [0, 0.05) is 21.7 Å². The molecule has 0 spiro atoms. The molecule has 0 atom stereocenters. The van der Waals surface area contributed by atoms with Gasteiger partial charge < -0.3 is 5.32 Å². The fraction of sp³-hybridized carbons (Fsp3) is 0. The lowest BCUT2D eigenvalue weighted by atomic mass is 10.1. The molecule has 3 nitrogen and oxygen atoms in total. The minimum absolute atomic E-state index is 0.236. The SMILES string of the molecule is O=C(/C=C/c1ccc(Cl)cc1)Nc1ccc(Cl)cc1-c1nc2ccccc2s1. The van der Waals surface area contributed by atoms with Crippen LogP contribution in [0.15, 0.2) is 72.8 Å². The predicted octanol–water partition coefficient (Wildman–Crippen LogP) is 6.92. The largest absolute Gasteiger partial charge is 0.322 e. The van der Waals surface area contributed by atoms with E-state index in [0.29, 0.717) is 15.7 Å². The van der Waals surface area contributed by atoms with Crippen molar-refractivity contribution in [2.75, 3.05) is 5.32 Å². The van der Waals surface area contributed by atoms with Crippen molar-refractivity contribution in [1.82, 2.24) is 4.98 Å². The Morgan fingerprint density at radius 3 is 2.50 bits per heavy atom. The lowest BCUT2D eigenvalue weighted by molar-refractivity contribution is -0.111. The highest BCUT2D eigenvalue weighted by atomic mass is 35.5. The zero-order valence-electron chi connectivity index (χ0n) is 14.5. The highest BCUT2D eigenvalue weighted by Crippen LogP contribution is 2.36. The average Bonchev–Trinajstić information content (AvgIpc) is 3.13. The Hall–Kier alpha value is -2.66. The van der Waals surface area contributed by atoms with Crippen LogP contribution < -0.4 is 5.32 Å². The number of halogens is 2. The van der Waals surface area contributed by atoms with Crippen molar-refractivity contribution in [2.45, 2.75) is 0 Å². The van der Waals surface area contributed by atoms with Crippen molar-refractivity contribution < 1.29 is 4.79 Å². The number of aromatic nitrogens is 1. The van der Waals surface area contributed by atoms with Crippen molar-refractivity contribution in [3.63, 3.8) is 0 Å². The van der Waals surface area contributed by atoms with Gasteiger partial charge in [0.2, 0.25) is 5.91 Å². The number of nitrogens with zero attached hydrogens (tertiary/aromatic N) is 1. The zero-order valence-corrected chi connectivity index (χ0v) is 16.9. The first-order chi connectivity index (χ1) is 13.6. The van der Waals surface area contributed by atoms with Crippen LogP contribution in [0.3, 0.4) is 0 Å². The Morgan fingerprint density at radius 1 is 0.964 bits per heavy atom. The van der Waals surface area contributed by atoms with Crippen LogP contribution in [0.1, 0.15) is 5.56 Å². The third kappa shape index (κ3) is 4.25. The van der Waals surface area contributed by atoms with Gasteiger partial charge in [-0.1, -0.05) is 47.5 Å². The summed E-state index contributed by atoms with van der Waals surface area (Å²) >= 11 is 13.6. The normalized spacial score (nSPS) is 11.2. The molecule has 1 amide bonds. The van der Waals surface area contributed by atoms with E-state index in [1.165, 1.54) is 6.08 Å². The predicted molar refractivity (Wildman–Crippen MR) is 119 cm³/mol. The van der Waals surface area contributed by atoms with Crippen molar-refractivity contribution in [3.05, 3.63) is 88.4 Å². The first-order valence-electron chi connectivity index (χ1n) is 8.48. The van der Waals surface area contributed by atoms with Crippen LogP contribution >= 0.6 is 34.5 Å². The first kappa shape index (κ1) is 18.7. The van der Waals surface area contributed by atoms with E-state index in [9.17, 15) is 4.79 Å². The second-order valence-electron chi connectivity index (χ2n) is 6.05. The van der Waals surface area contributed by atoms with Crippen molar-refractivity contribution >= 4 is 62.4 Å². The number of amides is 1. The lowest BCUT2D eigenvalue weighted by Crippen LogP contribution is -2.08.